The number of hydrogen-bond acceptors (Lipinski definition) is 3. The van der Waals surface area contributed by atoms with Crippen molar-refractivity contribution < 1.29 is 17.5 Å². The summed E-state index contributed by atoms with van der Waals surface area (Å²) in [7, 11) is -0.986. The first kappa shape index (κ1) is 15.9. The topological polar surface area (TPSA) is 18.5 Å². The molecule has 4 aromatic carbocycles. The highest BCUT2D eigenvalue weighted by Crippen LogP contribution is 2.39. The molecule has 0 N–H and O–H groups in total. The van der Waals surface area contributed by atoms with Gasteiger partial charge in [0.2, 0.25) is 0 Å². The predicted molar refractivity (Wildman–Crippen MR) is 146 cm³/mol. The van der Waals surface area contributed by atoms with Gasteiger partial charge in [-0.25, -0.2) is 0 Å². The summed E-state index contributed by atoms with van der Waals surface area (Å²) in [6.07, 6.45) is 0. The molecule has 0 aliphatic carbocycles. The summed E-state index contributed by atoms with van der Waals surface area (Å²) in [6.45, 7) is 7.56. The summed E-state index contributed by atoms with van der Waals surface area (Å²) in [4.78, 5) is 0. The standard InChI is InChI=1S/C30H27BO2S/c1-29(2)30(3,4)33-31(32-29)24-15-16-25-26-18-23(14-17-27(26)34-28(25)19-24)22-12-10-21(11-13-22)20-8-6-5-7-9-20/h5-19H,1-4H3/i14D,15D,16D,17D,18D,19D. The summed E-state index contributed by atoms with van der Waals surface area (Å²) < 4.78 is 66.6. The Morgan fingerprint density at radius 1 is 0.647 bits per heavy atom. The summed E-state index contributed by atoms with van der Waals surface area (Å²) >= 11 is 1.11. The molecule has 1 aliphatic rings. The first-order chi connectivity index (χ1) is 18.8. The van der Waals surface area contributed by atoms with Crippen LogP contribution in [0.4, 0.5) is 0 Å². The van der Waals surface area contributed by atoms with Gasteiger partial charge in [0.25, 0.3) is 0 Å². The molecule has 4 heteroatoms. The van der Waals surface area contributed by atoms with Gasteiger partial charge in [-0.05, 0) is 73.5 Å². The Morgan fingerprint density at radius 2 is 1.26 bits per heavy atom. The van der Waals surface area contributed by atoms with Crippen molar-refractivity contribution in [2.75, 3.05) is 0 Å². The minimum Gasteiger partial charge on any atom is -0.399 e. The summed E-state index contributed by atoms with van der Waals surface area (Å²) in [5, 5.41) is 0.617. The molecule has 0 bridgehead atoms. The maximum Gasteiger partial charge on any atom is 0.494 e. The van der Waals surface area contributed by atoms with Gasteiger partial charge >= 0.3 is 7.12 Å². The lowest BCUT2D eigenvalue weighted by atomic mass is 9.79. The van der Waals surface area contributed by atoms with Gasteiger partial charge in [-0.1, -0.05) is 72.7 Å². The van der Waals surface area contributed by atoms with Gasteiger partial charge in [0.05, 0.1) is 19.4 Å². The van der Waals surface area contributed by atoms with Gasteiger partial charge in [0, 0.05) is 20.2 Å². The van der Waals surface area contributed by atoms with Crippen LogP contribution in [0.3, 0.4) is 0 Å². The summed E-state index contributed by atoms with van der Waals surface area (Å²) in [5.74, 6) is 0. The van der Waals surface area contributed by atoms with Crippen molar-refractivity contribution in [2.45, 2.75) is 38.9 Å². The highest BCUT2D eigenvalue weighted by atomic mass is 32.1. The molecule has 1 aliphatic heterocycles. The smallest absolute Gasteiger partial charge is 0.399 e. The van der Waals surface area contributed by atoms with Crippen LogP contribution in [0.2, 0.25) is 0 Å². The van der Waals surface area contributed by atoms with Crippen molar-refractivity contribution in [3.8, 4) is 22.3 Å². The zero-order valence-corrected chi connectivity index (χ0v) is 20.3. The van der Waals surface area contributed by atoms with Crippen LogP contribution >= 0.6 is 11.3 Å². The van der Waals surface area contributed by atoms with E-state index in [-0.39, 0.29) is 47.1 Å². The average Bonchev–Trinajstić information content (AvgIpc) is 3.42. The van der Waals surface area contributed by atoms with Crippen LogP contribution in [0.1, 0.15) is 35.9 Å². The Labute approximate surface area is 213 Å². The molecule has 0 spiro atoms. The van der Waals surface area contributed by atoms with E-state index in [1.807, 2.05) is 82.3 Å². The highest BCUT2D eigenvalue weighted by Gasteiger charge is 2.51. The molecule has 168 valence electrons. The number of fused-ring (bicyclic) bond motifs is 3. The lowest BCUT2D eigenvalue weighted by Gasteiger charge is -2.32. The van der Waals surface area contributed by atoms with Crippen LogP contribution in [0.15, 0.2) is 90.9 Å². The fraction of sp³-hybridized carbons (Fsp3) is 0.200. The van der Waals surface area contributed by atoms with Crippen molar-refractivity contribution in [2.24, 2.45) is 0 Å². The van der Waals surface area contributed by atoms with E-state index in [2.05, 4.69) is 0 Å². The van der Waals surface area contributed by atoms with Crippen LogP contribution in [0.5, 0.6) is 0 Å². The minimum atomic E-state index is -0.986. The molecular formula is C30H27BO2S. The Hall–Kier alpha value is -2.92. The zero-order valence-electron chi connectivity index (χ0n) is 25.5. The van der Waals surface area contributed by atoms with Crippen molar-refractivity contribution in [3.05, 3.63) is 90.9 Å². The van der Waals surface area contributed by atoms with Gasteiger partial charge in [-0.3, -0.25) is 0 Å². The molecule has 0 unspecified atom stereocenters. The van der Waals surface area contributed by atoms with Gasteiger partial charge < -0.3 is 9.31 Å². The van der Waals surface area contributed by atoms with Crippen molar-refractivity contribution in [1.82, 2.24) is 0 Å². The SMILES string of the molecule is [2H]c1c(-c2ccc(-c3ccccc3)cc2)c([2H])c2c(sc3c([2H])c(B4OC(C)(C)C(C)(C)O4)c([2H])c([2H])c32)c1[2H]. The third-order valence-electron chi connectivity index (χ3n) is 6.80. The van der Waals surface area contributed by atoms with Gasteiger partial charge in [-0.2, -0.15) is 0 Å². The van der Waals surface area contributed by atoms with E-state index in [4.69, 9.17) is 17.5 Å². The van der Waals surface area contributed by atoms with Crippen LogP contribution in [0.25, 0.3) is 42.4 Å². The van der Waals surface area contributed by atoms with Crippen LogP contribution < -0.4 is 5.46 Å². The van der Waals surface area contributed by atoms with E-state index >= 15 is 0 Å². The third-order valence-corrected chi connectivity index (χ3v) is 7.82. The molecule has 0 radical (unpaired) electrons. The first-order valence-electron chi connectivity index (χ1n) is 14.3. The second kappa shape index (κ2) is 7.81. The fourth-order valence-corrected chi connectivity index (χ4v) is 5.07. The van der Waals surface area contributed by atoms with Gasteiger partial charge in [-0.15, -0.1) is 11.3 Å². The highest BCUT2D eigenvalue weighted by molar-refractivity contribution is 7.25. The average molecular weight is 468 g/mol. The molecule has 0 atom stereocenters. The molecule has 5 aromatic rings. The van der Waals surface area contributed by atoms with Crippen molar-refractivity contribution in [3.63, 3.8) is 0 Å². The minimum absolute atomic E-state index is 0.00482. The molecule has 34 heavy (non-hydrogen) atoms. The van der Waals surface area contributed by atoms with E-state index in [1.165, 1.54) is 0 Å². The predicted octanol–water partition coefficient (Wildman–Crippen LogP) is 7.69. The fourth-order valence-electron chi connectivity index (χ4n) is 4.09. The quantitative estimate of drug-likeness (QED) is 0.253. The molecule has 1 saturated heterocycles. The Kier molecular flexibility index (Phi) is 3.65. The molecule has 2 heterocycles. The van der Waals surface area contributed by atoms with E-state index in [0.717, 1.165) is 22.5 Å². The maximum atomic E-state index is 9.14. The van der Waals surface area contributed by atoms with Gasteiger partial charge in [0.15, 0.2) is 0 Å². The molecule has 0 saturated carbocycles. The second-order valence-corrected chi connectivity index (χ2v) is 10.6. The summed E-state index contributed by atoms with van der Waals surface area (Å²) in [5.41, 5.74) is 1.78. The first-order valence-corrected chi connectivity index (χ1v) is 12.1. The Balaban J connectivity index is 1.56. The van der Waals surface area contributed by atoms with Crippen LogP contribution in [-0.4, -0.2) is 18.3 Å². The van der Waals surface area contributed by atoms with Crippen molar-refractivity contribution >= 4 is 44.1 Å². The van der Waals surface area contributed by atoms with Gasteiger partial charge in [0.1, 0.15) is 0 Å². The number of benzene rings is 4. The maximum absolute atomic E-state index is 9.14. The van der Waals surface area contributed by atoms with Crippen LogP contribution in [0, 0.1) is 0 Å². The van der Waals surface area contributed by atoms with Crippen LogP contribution in [-0.2, 0) is 9.31 Å². The molecule has 6 rings (SSSR count). The lowest BCUT2D eigenvalue weighted by Crippen LogP contribution is -2.41. The Bertz CT molecular complexity index is 1800. The zero-order chi connectivity index (χ0) is 28.7. The number of hydrogen-bond donors (Lipinski definition) is 0. The molecule has 2 nitrogen and oxygen atoms in total. The number of thiophene rings is 1. The Morgan fingerprint density at radius 3 is 1.94 bits per heavy atom. The molecular weight excluding hydrogens is 435 g/mol. The molecule has 1 aromatic heterocycles. The van der Waals surface area contributed by atoms with E-state index in [0.29, 0.717) is 25.9 Å². The molecule has 1 fully saturated rings. The number of rotatable bonds is 3. The monoisotopic (exact) mass is 468 g/mol. The molecule has 0 amide bonds. The largest absolute Gasteiger partial charge is 0.494 e. The lowest BCUT2D eigenvalue weighted by molar-refractivity contribution is 0.00578. The normalized spacial score (nSPS) is 19.5. The van der Waals surface area contributed by atoms with Crippen molar-refractivity contribution in [1.29, 1.82) is 0 Å². The van der Waals surface area contributed by atoms with E-state index in [1.54, 1.807) is 0 Å². The van der Waals surface area contributed by atoms with E-state index in [9.17, 15) is 0 Å². The second-order valence-electron chi connectivity index (χ2n) is 9.58. The summed E-state index contributed by atoms with van der Waals surface area (Å²) in [6, 6.07) is 17.0. The third kappa shape index (κ3) is 3.58. The van der Waals surface area contributed by atoms with E-state index < -0.39 is 18.3 Å².